The average Bonchev–Trinajstić information content (AvgIpc) is 2.49. The molecule has 102 valence electrons. The molecule has 1 atom stereocenters. The van der Waals surface area contributed by atoms with Gasteiger partial charge < -0.3 is 9.80 Å². The van der Waals surface area contributed by atoms with E-state index in [1.165, 1.54) is 0 Å². The highest BCUT2D eigenvalue weighted by atomic mass is 16.2. The van der Waals surface area contributed by atoms with Gasteiger partial charge in [0.05, 0.1) is 17.3 Å². The summed E-state index contributed by atoms with van der Waals surface area (Å²) >= 11 is 0. The second-order valence-corrected chi connectivity index (χ2v) is 5.49. The number of para-hydroxylation sites is 2. The lowest BCUT2D eigenvalue weighted by Gasteiger charge is -2.26. The van der Waals surface area contributed by atoms with Gasteiger partial charge in [-0.05, 0) is 18.1 Å². The third-order valence-corrected chi connectivity index (χ3v) is 3.32. The molecule has 0 saturated heterocycles. The number of carbonyl (C=O) groups is 2. The van der Waals surface area contributed by atoms with Crippen LogP contribution in [0.2, 0.25) is 0 Å². The van der Waals surface area contributed by atoms with E-state index in [1.54, 1.807) is 4.90 Å². The smallest absolute Gasteiger partial charge is 0.231 e. The van der Waals surface area contributed by atoms with E-state index in [9.17, 15) is 9.59 Å². The second kappa shape index (κ2) is 5.43. The van der Waals surface area contributed by atoms with Crippen molar-refractivity contribution in [3.63, 3.8) is 0 Å². The van der Waals surface area contributed by atoms with E-state index in [1.807, 2.05) is 36.1 Å². The molecule has 1 unspecified atom stereocenters. The molecule has 1 aliphatic rings. The monoisotopic (exact) mass is 260 g/mol. The number of carbonyl (C=O) groups excluding carboxylic acids is 2. The number of hydrogen-bond donors (Lipinski definition) is 0. The van der Waals surface area contributed by atoms with Crippen molar-refractivity contribution in [1.29, 1.82) is 0 Å². The van der Waals surface area contributed by atoms with Crippen molar-refractivity contribution in [2.24, 2.45) is 11.8 Å². The summed E-state index contributed by atoms with van der Waals surface area (Å²) in [5.41, 5.74) is 1.65. The average molecular weight is 260 g/mol. The van der Waals surface area contributed by atoms with Crippen LogP contribution in [0.4, 0.5) is 11.4 Å². The predicted molar refractivity (Wildman–Crippen MR) is 76.2 cm³/mol. The Morgan fingerprint density at radius 2 is 1.95 bits per heavy atom. The largest absolute Gasteiger partial charge is 0.312 e. The lowest BCUT2D eigenvalue weighted by molar-refractivity contribution is -0.121. The Bertz CT molecular complexity index is 485. The molecule has 1 aliphatic heterocycles. The Hall–Kier alpha value is -1.84. The molecule has 0 radical (unpaired) electrons. The van der Waals surface area contributed by atoms with E-state index in [0.717, 1.165) is 17.8 Å². The number of nitrogens with zero attached hydrogens (tertiary/aromatic N) is 2. The minimum absolute atomic E-state index is 0.0884. The van der Waals surface area contributed by atoms with Crippen molar-refractivity contribution < 1.29 is 9.59 Å². The highest BCUT2D eigenvalue weighted by Crippen LogP contribution is 2.33. The van der Waals surface area contributed by atoms with Gasteiger partial charge in [-0.15, -0.1) is 0 Å². The SMILES string of the molecule is CC(C)CN1C(=O)C(C)CN(C=O)c2ccccc21. The van der Waals surface area contributed by atoms with Crippen molar-refractivity contribution >= 4 is 23.7 Å². The molecule has 0 bridgehead atoms. The zero-order valence-electron chi connectivity index (χ0n) is 11.7. The van der Waals surface area contributed by atoms with Gasteiger partial charge in [0.2, 0.25) is 12.3 Å². The lowest BCUT2D eigenvalue weighted by atomic mass is 10.1. The van der Waals surface area contributed by atoms with E-state index < -0.39 is 0 Å². The Balaban J connectivity index is 2.51. The Kier molecular flexibility index (Phi) is 3.88. The van der Waals surface area contributed by atoms with Gasteiger partial charge in [0, 0.05) is 13.1 Å². The first-order valence-electron chi connectivity index (χ1n) is 6.67. The molecule has 0 spiro atoms. The number of rotatable bonds is 3. The molecule has 2 rings (SSSR count). The fourth-order valence-corrected chi connectivity index (χ4v) is 2.44. The van der Waals surface area contributed by atoms with Crippen LogP contribution in [-0.4, -0.2) is 25.4 Å². The Labute approximate surface area is 114 Å². The van der Waals surface area contributed by atoms with Crippen molar-refractivity contribution in [2.75, 3.05) is 22.9 Å². The molecule has 4 nitrogen and oxygen atoms in total. The van der Waals surface area contributed by atoms with Crippen molar-refractivity contribution in [3.05, 3.63) is 24.3 Å². The molecule has 1 aromatic carbocycles. The first-order valence-corrected chi connectivity index (χ1v) is 6.67. The summed E-state index contributed by atoms with van der Waals surface area (Å²) in [6.07, 6.45) is 0.807. The maximum Gasteiger partial charge on any atom is 0.231 e. The minimum atomic E-state index is -0.184. The lowest BCUT2D eigenvalue weighted by Crippen LogP contribution is -2.38. The summed E-state index contributed by atoms with van der Waals surface area (Å²) in [5, 5.41) is 0. The van der Waals surface area contributed by atoms with Crippen LogP contribution in [-0.2, 0) is 9.59 Å². The molecule has 19 heavy (non-hydrogen) atoms. The maximum atomic E-state index is 12.5. The summed E-state index contributed by atoms with van der Waals surface area (Å²) in [4.78, 5) is 27.2. The molecular weight excluding hydrogens is 240 g/mol. The zero-order valence-corrected chi connectivity index (χ0v) is 11.7. The fraction of sp³-hybridized carbons (Fsp3) is 0.467. The van der Waals surface area contributed by atoms with Crippen LogP contribution in [0.3, 0.4) is 0 Å². The van der Waals surface area contributed by atoms with Crippen LogP contribution in [0, 0.1) is 11.8 Å². The number of anilines is 2. The first-order chi connectivity index (χ1) is 9.04. The molecule has 0 aliphatic carbocycles. The predicted octanol–water partition coefficient (Wildman–Crippen LogP) is 2.29. The second-order valence-electron chi connectivity index (χ2n) is 5.49. The first kappa shape index (κ1) is 13.6. The van der Waals surface area contributed by atoms with Gasteiger partial charge >= 0.3 is 0 Å². The minimum Gasteiger partial charge on any atom is -0.312 e. The molecule has 1 heterocycles. The van der Waals surface area contributed by atoms with Crippen molar-refractivity contribution in [1.82, 2.24) is 0 Å². The van der Waals surface area contributed by atoms with Gasteiger partial charge in [-0.2, -0.15) is 0 Å². The molecule has 1 aromatic rings. The highest BCUT2D eigenvalue weighted by molar-refractivity contribution is 6.02. The topological polar surface area (TPSA) is 40.6 Å². The zero-order chi connectivity index (χ0) is 14.0. The van der Waals surface area contributed by atoms with Crippen LogP contribution in [0.1, 0.15) is 20.8 Å². The molecule has 0 fully saturated rings. The van der Waals surface area contributed by atoms with E-state index in [4.69, 9.17) is 0 Å². The van der Waals surface area contributed by atoms with E-state index in [0.29, 0.717) is 19.0 Å². The van der Waals surface area contributed by atoms with E-state index in [-0.39, 0.29) is 11.8 Å². The number of hydrogen-bond acceptors (Lipinski definition) is 2. The van der Waals surface area contributed by atoms with E-state index in [2.05, 4.69) is 13.8 Å². The fourth-order valence-electron chi connectivity index (χ4n) is 2.44. The molecular formula is C15H20N2O2. The quantitative estimate of drug-likeness (QED) is 0.782. The van der Waals surface area contributed by atoms with Crippen molar-refractivity contribution in [3.8, 4) is 0 Å². The molecule has 4 heteroatoms. The molecule has 2 amide bonds. The number of amides is 2. The molecule has 0 N–H and O–H groups in total. The third-order valence-electron chi connectivity index (χ3n) is 3.32. The van der Waals surface area contributed by atoms with Gasteiger partial charge in [0.1, 0.15) is 0 Å². The van der Waals surface area contributed by atoms with Crippen LogP contribution < -0.4 is 9.80 Å². The standard InChI is InChI=1S/C15H20N2O2/c1-11(2)8-17-14-7-5-4-6-13(14)16(10-18)9-12(3)15(17)19/h4-7,10-12H,8-9H2,1-3H3. The maximum absolute atomic E-state index is 12.5. The number of fused-ring (bicyclic) bond motifs is 1. The van der Waals surface area contributed by atoms with Gasteiger partial charge in [-0.25, -0.2) is 0 Å². The normalized spacial score (nSPS) is 19.4. The van der Waals surface area contributed by atoms with Crippen molar-refractivity contribution in [2.45, 2.75) is 20.8 Å². The van der Waals surface area contributed by atoms with Crippen LogP contribution >= 0.6 is 0 Å². The summed E-state index contributed by atoms with van der Waals surface area (Å²) in [5.74, 6) is 0.286. The molecule has 0 saturated carbocycles. The summed E-state index contributed by atoms with van der Waals surface area (Å²) < 4.78 is 0. The van der Waals surface area contributed by atoms with Gasteiger partial charge in [0.15, 0.2) is 0 Å². The summed E-state index contributed by atoms with van der Waals surface area (Å²) in [6.45, 7) is 7.16. The number of benzene rings is 1. The van der Waals surface area contributed by atoms with Crippen LogP contribution in [0.5, 0.6) is 0 Å². The third kappa shape index (κ3) is 2.62. The van der Waals surface area contributed by atoms with Gasteiger partial charge in [-0.1, -0.05) is 32.9 Å². The molecule has 0 aromatic heterocycles. The summed E-state index contributed by atoms with van der Waals surface area (Å²) in [7, 11) is 0. The van der Waals surface area contributed by atoms with Crippen LogP contribution in [0.25, 0.3) is 0 Å². The van der Waals surface area contributed by atoms with Gasteiger partial charge in [-0.3, -0.25) is 9.59 Å². The Morgan fingerprint density at radius 3 is 2.53 bits per heavy atom. The Morgan fingerprint density at radius 1 is 1.32 bits per heavy atom. The van der Waals surface area contributed by atoms with Gasteiger partial charge in [0.25, 0.3) is 0 Å². The van der Waals surface area contributed by atoms with Crippen LogP contribution in [0.15, 0.2) is 24.3 Å². The highest BCUT2D eigenvalue weighted by Gasteiger charge is 2.30. The van der Waals surface area contributed by atoms with E-state index >= 15 is 0 Å². The summed E-state index contributed by atoms with van der Waals surface area (Å²) in [6, 6.07) is 7.59.